The van der Waals surface area contributed by atoms with Gasteiger partial charge in [0.25, 0.3) is 5.91 Å². The van der Waals surface area contributed by atoms with Crippen LogP contribution < -0.4 is 5.32 Å². The SMILES string of the molecule is CCNC(=O)c1ccccc1SCc1cscn1. The van der Waals surface area contributed by atoms with Crippen LogP contribution in [0.25, 0.3) is 0 Å². The summed E-state index contributed by atoms with van der Waals surface area (Å²) in [5, 5.41) is 4.86. The molecular formula is C13H14N2OS2. The van der Waals surface area contributed by atoms with E-state index in [0.717, 1.165) is 21.9 Å². The highest BCUT2D eigenvalue weighted by Crippen LogP contribution is 2.26. The molecule has 0 saturated heterocycles. The summed E-state index contributed by atoms with van der Waals surface area (Å²) in [6.07, 6.45) is 0. The Balaban J connectivity index is 2.09. The first kappa shape index (κ1) is 13.1. The summed E-state index contributed by atoms with van der Waals surface area (Å²) in [5.41, 5.74) is 3.61. The molecule has 1 amide bonds. The van der Waals surface area contributed by atoms with E-state index in [1.165, 1.54) is 0 Å². The number of benzene rings is 1. The molecule has 1 aromatic carbocycles. The van der Waals surface area contributed by atoms with Crippen LogP contribution in [-0.2, 0) is 5.75 Å². The highest BCUT2D eigenvalue weighted by atomic mass is 32.2. The predicted molar refractivity (Wildman–Crippen MR) is 76.1 cm³/mol. The summed E-state index contributed by atoms with van der Waals surface area (Å²) in [4.78, 5) is 17.1. The minimum Gasteiger partial charge on any atom is -0.352 e. The van der Waals surface area contributed by atoms with E-state index in [2.05, 4.69) is 10.3 Å². The van der Waals surface area contributed by atoms with Crippen LogP contribution in [0.3, 0.4) is 0 Å². The Morgan fingerprint density at radius 1 is 1.44 bits per heavy atom. The van der Waals surface area contributed by atoms with E-state index in [0.29, 0.717) is 6.54 Å². The number of rotatable bonds is 5. The molecule has 0 saturated carbocycles. The van der Waals surface area contributed by atoms with Gasteiger partial charge in [-0.25, -0.2) is 4.98 Å². The fourth-order valence-corrected chi connectivity index (χ4v) is 3.11. The fraction of sp³-hybridized carbons (Fsp3) is 0.231. The van der Waals surface area contributed by atoms with Crippen LogP contribution in [0.1, 0.15) is 23.0 Å². The second-order valence-corrected chi connectivity index (χ2v) is 5.36. The minimum atomic E-state index is -0.0149. The third-order valence-electron chi connectivity index (χ3n) is 2.33. The molecular weight excluding hydrogens is 264 g/mol. The number of nitrogens with one attached hydrogen (secondary N) is 1. The normalized spacial score (nSPS) is 10.3. The van der Waals surface area contributed by atoms with Crippen LogP contribution in [0.5, 0.6) is 0 Å². The van der Waals surface area contributed by atoms with Gasteiger partial charge in [0, 0.05) is 22.6 Å². The Morgan fingerprint density at radius 3 is 3.00 bits per heavy atom. The van der Waals surface area contributed by atoms with Crippen molar-refractivity contribution in [3.8, 4) is 0 Å². The van der Waals surface area contributed by atoms with Crippen molar-refractivity contribution in [3.63, 3.8) is 0 Å². The number of hydrogen-bond donors (Lipinski definition) is 1. The molecule has 0 unspecified atom stereocenters. The highest BCUT2D eigenvalue weighted by Gasteiger charge is 2.10. The highest BCUT2D eigenvalue weighted by molar-refractivity contribution is 7.98. The number of hydrogen-bond acceptors (Lipinski definition) is 4. The number of thiazole rings is 1. The summed E-state index contributed by atoms with van der Waals surface area (Å²) in [5.74, 6) is 0.777. The molecule has 2 aromatic rings. The zero-order chi connectivity index (χ0) is 12.8. The first-order valence-electron chi connectivity index (χ1n) is 5.68. The molecule has 0 aliphatic heterocycles. The Bertz CT molecular complexity index is 511. The van der Waals surface area contributed by atoms with E-state index in [1.54, 1.807) is 23.1 Å². The van der Waals surface area contributed by atoms with Gasteiger partial charge >= 0.3 is 0 Å². The largest absolute Gasteiger partial charge is 0.352 e. The average Bonchev–Trinajstić information content (AvgIpc) is 2.90. The summed E-state index contributed by atoms with van der Waals surface area (Å²) in [7, 11) is 0. The quantitative estimate of drug-likeness (QED) is 0.854. The first-order valence-corrected chi connectivity index (χ1v) is 7.61. The monoisotopic (exact) mass is 278 g/mol. The van der Waals surface area contributed by atoms with Gasteiger partial charge in [-0.1, -0.05) is 12.1 Å². The molecule has 1 heterocycles. The van der Waals surface area contributed by atoms with Crippen molar-refractivity contribution in [2.75, 3.05) is 6.54 Å². The van der Waals surface area contributed by atoms with E-state index in [1.807, 2.05) is 42.1 Å². The molecule has 0 atom stereocenters. The lowest BCUT2D eigenvalue weighted by Crippen LogP contribution is -2.23. The zero-order valence-electron chi connectivity index (χ0n) is 10.1. The van der Waals surface area contributed by atoms with Gasteiger partial charge in [-0.3, -0.25) is 4.79 Å². The summed E-state index contributed by atoms with van der Waals surface area (Å²) in [6, 6.07) is 7.67. The molecule has 0 bridgehead atoms. The lowest BCUT2D eigenvalue weighted by Gasteiger charge is -2.07. The molecule has 2 rings (SSSR count). The van der Waals surface area contributed by atoms with Crippen LogP contribution in [0.15, 0.2) is 40.1 Å². The number of aromatic nitrogens is 1. The number of thioether (sulfide) groups is 1. The maximum Gasteiger partial charge on any atom is 0.252 e. The van der Waals surface area contributed by atoms with E-state index >= 15 is 0 Å². The molecule has 0 spiro atoms. The van der Waals surface area contributed by atoms with E-state index in [-0.39, 0.29) is 5.91 Å². The zero-order valence-corrected chi connectivity index (χ0v) is 11.7. The molecule has 0 aliphatic rings. The maximum atomic E-state index is 11.9. The van der Waals surface area contributed by atoms with Crippen LogP contribution in [-0.4, -0.2) is 17.4 Å². The van der Waals surface area contributed by atoms with E-state index in [9.17, 15) is 4.79 Å². The summed E-state index contributed by atoms with van der Waals surface area (Å²) in [6.45, 7) is 2.56. The Morgan fingerprint density at radius 2 is 2.28 bits per heavy atom. The van der Waals surface area contributed by atoms with Crippen molar-refractivity contribution in [2.45, 2.75) is 17.6 Å². The summed E-state index contributed by atoms with van der Waals surface area (Å²) < 4.78 is 0. The molecule has 0 fully saturated rings. The van der Waals surface area contributed by atoms with Gasteiger partial charge in [-0.2, -0.15) is 0 Å². The van der Waals surface area contributed by atoms with Gasteiger partial charge < -0.3 is 5.32 Å². The van der Waals surface area contributed by atoms with Gasteiger partial charge in [0.1, 0.15) is 0 Å². The van der Waals surface area contributed by atoms with Gasteiger partial charge in [-0.15, -0.1) is 23.1 Å². The Labute approximate surface area is 115 Å². The third-order valence-corrected chi connectivity index (χ3v) is 4.07. The number of nitrogens with zero attached hydrogens (tertiary/aromatic N) is 1. The van der Waals surface area contributed by atoms with Crippen LogP contribution in [0, 0.1) is 0 Å². The van der Waals surface area contributed by atoms with Gasteiger partial charge in [0.05, 0.1) is 16.8 Å². The van der Waals surface area contributed by atoms with Gasteiger partial charge in [0.15, 0.2) is 0 Å². The van der Waals surface area contributed by atoms with E-state index < -0.39 is 0 Å². The van der Waals surface area contributed by atoms with Crippen LogP contribution in [0.2, 0.25) is 0 Å². The lowest BCUT2D eigenvalue weighted by atomic mass is 10.2. The standard InChI is InChI=1S/C13H14N2OS2/c1-2-14-13(16)11-5-3-4-6-12(11)18-8-10-7-17-9-15-10/h3-7,9H,2,8H2,1H3,(H,14,16). The van der Waals surface area contributed by atoms with Crippen LogP contribution >= 0.6 is 23.1 Å². The number of carbonyl (C=O) groups excluding carboxylic acids is 1. The molecule has 3 nitrogen and oxygen atoms in total. The lowest BCUT2D eigenvalue weighted by molar-refractivity contribution is 0.0953. The molecule has 1 aromatic heterocycles. The predicted octanol–water partition coefficient (Wildman–Crippen LogP) is 3.19. The number of carbonyl (C=O) groups is 1. The van der Waals surface area contributed by atoms with Crippen molar-refractivity contribution in [2.24, 2.45) is 0 Å². The third kappa shape index (κ3) is 3.34. The Hall–Kier alpha value is -1.33. The molecule has 94 valence electrons. The molecule has 18 heavy (non-hydrogen) atoms. The number of amides is 1. The van der Waals surface area contributed by atoms with Crippen LogP contribution in [0.4, 0.5) is 0 Å². The second-order valence-electron chi connectivity index (χ2n) is 3.62. The Kier molecular flexibility index (Phi) is 4.78. The van der Waals surface area contributed by atoms with Crippen molar-refractivity contribution < 1.29 is 4.79 Å². The average molecular weight is 278 g/mol. The van der Waals surface area contributed by atoms with Crippen molar-refractivity contribution >= 4 is 29.0 Å². The molecule has 0 radical (unpaired) electrons. The smallest absolute Gasteiger partial charge is 0.252 e. The summed E-state index contributed by atoms with van der Waals surface area (Å²) >= 11 is 3.23. The van der Waals surface area contributed by atoms with Crippen molar-refractivity contribution in [1.29, 1.82) is 0 Å². The topological polar surface area (TPSA) is 42.0 Å². The van der Waals surface area contributed by atoms with Crippen molar-refractivity contribution in [1.82, 2.24) is 10.3 Å². The molecule has 5 heteroatoms. The van der Waals surface area contributed by atoms with E-state index in [4.69, 9.17) is 0 Å². The first-order chi connectivity index (χ1) is 8.81. The minimum absolute atomic E-state index is 0.0149. The fourth-order valence-electron chi connectivity index (χ4n) is 1.50. The van der Waals surface area contributed by atoms with Gasteiger partial charge in [0.2, 0.25) is 0 Å². The van der Waals surface area contributed by atoms with Gasteiger partial charge in [-0.05, 0) is 19.1 Å². The second kappa shape index (κ2) is 6.56. The van der Waals surface area contributed by atoms with Crippen molar-refractivity contribution in [3.05, 3.63) is 46.4 Å². The molecule has 1 N–H and O–H groups in total. The molecule has 0 aliphatic carbocycles. The maximum absolute atomic E-state index is 11.9.